The molecule has 2 nitrogen and oxygen atoms in total. The van der Waals surface area contributed by atoms with Gasteiger partial charge in [-0.1, -0.05) is 25.7 Å². The summed E-state index contributed by atoms with van der Waals surface area (Å²) in [6, 6.07) is 0.601. The molecule has 3 N–H and O–H groups in total. The van der Waals surface area contributed by atoms with Gasteiger partial charge in [0.15, 0.2) is 0 Å². The maximum atomic E-state index is 5.59. The van der Waals surface area contributed by atoms with Crippen molar-refractivity contribution in [3.63, 3.8) is 0 Å². The molecular formula is C15H30N2. The van der Waals surface area contributed by atoms with E-state index in [0.717, 1.165) is 30.7 Å². The lowest BCUT2D eigenvalue weighted by Gasteiger charge is -2.39. The number of hydrogen-bond donors (Lipinski definition) is 2. The maximum Gasteiger partial charge on any atom is 0.00508 e. The third kappa shape index (κ3) is 3.96. The molecule has 2 heteroatoms. The summed E-state index contributed by atoms with van der Waals surface area (Å²) in [7, 11) is 0. The molecule has 0 radical (unpaired) electrons. The third-order valence-electron chi connectivity index (χ3n) is 5.00. The summed E-state index contributed by atoms with van der Waals surface area (Å²) in [5.41, 5.74) is 5.59. The van der Waals surface area contributed by atoms with E-state index in [-0.39, 0.29) is 0 Å². The average molecular weight is 238 g/mol. The average Bonchev–Trinajstić information content (AvgIpc) is 2.36. The van der Waals surface area contributed by atoms with E-state index in [1.165, 1.54) is 51.5 Å². The van der Waals surface area contributed by atoms with Gasteiger partial charge in [0.25, 0.3) is 0 Å². The van der Waals surface area contributed by atoms with Crippen molar-refractivity contribution in [2.75, 3.05) is 13.1 Å². The van der Waals surface area contributed by atoms with Crippen molar-refractivity contribution in [3.8, 4) is 0 Å². The molecule has 100 valence electrons. The van der Waals surface area contributed by atoms with Crippen molar-refractivity contribution in [3.05, 3.63) is 0 Å². The van der Waals surface area contributed by atoms with Crippen LogP contribution in [0.1, 0.15) is 58.3 Å². The van der Waals surface area contributed by atoms with Crippen LogP contribution < -0.4 is 11.1 Å². The second-order valence-corrected chi connectivity index (χ2v) is 6.37. The minimum Gasteiger partial charge on any atom is -0.330 e. The molecule has 0 saturated heterocycles. The molecule has 0 aromatic carbocycles. The number of hydrogen-bond acceptors (Lipinski definition) is 2. The van der Waals surface area contributed by atoms with Crippen molar-refractivity contribution in [2.45, 2.75) is 64.3 Å². The van der Waals surface area contributed by atoms with E-state index in [4.69, 9.17) is 5.73 Å². The molecule has 0 aromatic heterocycles. The lowest BCUT2D eigenvalue weighted by atomic mass is 9.67. The SMILES string of the molecule is CC(CCN)NCC1CCC2CCCCC2C1. The summed E-state index contributed by atoms with van der Waals surface area (Å²) in [5.74, 6) is 3.09. The topological polar surface area (TPSA) is 38.0 Å². The number of nitrogens with two attached hydrogens (primary N) is 1. The van der Waals surface area contributed by atoms with Crippen LogP contribution in [-0.2, 0) is 0 Å². The highest BCUT2D eigenvalue weighted by atomic mass is 14.9. The van der Waals surface area contributed by atoms with Crippen LogP contribution >= 0.6 is 0 Å². The Bertz CT molecular complexity index is 217. The molecule has 0 aliphatic heterocycles. The normalized spacial score (nSPS) is 35.3. The van der Waals surface area contributed by atoms with Crippen LogP contribution in [0.15, 0.2) is 0 Å². The molecule has 2 rings (SSSR count). The van der Waals surface area contributed by atoms with Gasteiger partial charge in [0.05, 0.1) is 0 Å². The standard InChI is InChI=1S/C15H30N2/c1-12(8-9-16)17-11-13-6-7-14-4-2-3-5-15(14)10-13/h12-15,17H,2-11,16H2,1H3. The van der Waals surface area contributed by atoms with Crippen molar-refractivity contribution < 1.29 is 0 Å². The molecule has 2 saturated carbocycles. The molecule has 2 aliphatic carbocycles. The molecule has 0 aromatic rings. The fourth-order valence-electron chi connectivity index (χ4n) is 3.88. The minimum absolute atomic E-state index is 0.601. The Morgan fingerprint density at radius 2 is 1.88 bits per heavy atom. The summed E-state index contributed by atoms with van der Waals surface area (Å²) in [4.78, 5) is 0. The van der Waals surface area contributed by atoms with Crippen LogP contribution in [0.5, 0.6) is 0 Å². The monoisotopic (exact) mass is 238 g/mol. The van der Waals surface area contributed by atoms with Gasteiger partial charge in [-0.25, -0.2) is 0 Å². The summed E-state index contributed by atoms with van der Waals surface area (Å²) in [6.45, 7) is 4.30. The van der Waals surface area contributed by atoms with Gasteiger partial charge in [-0.15, -0.1) is 0 Å². The third-order valence-corrected chi connectivity index (χ3v) is 5.00. The largest absolute Gasteiger partial charge is 0.330 e. The van der Waals surface area contributed by atoms with E-state index in [1.54, 1.807) is 0 Å². The van der Waals surface area contributed by atoms with Crippen LogP contribution in [0, 0.1) is 17.8 Å². The van der Waals surface area contributed by atoms with Gasteiger partial charge >= 0.3 is 0 Å². The molecular weight excluding hydrogens is 208 g/mol. The predicted molar refractivity (Wildman–Crippen MR) is 73.9 cm³/mol. The first-order valence-electron chi connectivity index (χ1n) is 7.73. The molecule has 17 heavy (non-hydrogen) atoms. The molecule has 0 amide bonds. The van der Waals surface area contributed by atoms with Crippen molar-refractivity contribution in [1.29, 1.82) is 0 Å². The number of nitrogens with one attached hydrogen (secondary N) is 1. The van der Waals surface area contributed by atoms with E-state index >= 15 is 0 Å². The molecule has 4 unspecified atom stereocenters. The molecule has 0 bridgehead atoms. The molecule has 0 heterocycles. The zero-order chi connectivity index (χ0) is 12.1. The van der Waals surface area contributed by atoms with Crippen molar-refractivity contribution >= 4 is 0 Å². The van der Waals surface area contributed by atoms with E-state index in [9.17, 15) is 0 Å². The zero-order valence-corrected chi connectivity index (χ0v) is 11.5. The number of rotatable bonds is 5. The lowest BCUT2D eigenvalue weighted by Crippen LogP contribution is -2.36. The van der Waals surface area contributed by atoms with Gasteiger partial charge in [-0.3, -0.25) is 0 Å². The van der Waals surface area contributed by atoms with Gasteiger partial charge in [-0.2, -0.15) is 0 Å². The quantitative estimate of drug-likeness (QED) is 0.773. The Morgan fingerprint density at radius 1 is 1.12 bits per heavy atom. The smallest absolute Gasteiger partial charge is 0.00508 e. The number of fused-ring (bicyclic) bond motifs is 1. The van der Waals surface area contributed by atoms with Crippen LogP contribution in [0.25, 0.3) is 0 Å². The maximum absolute atomic E-state index is 5.59. The Labute approximate surface area is 107 Å². The van der Waals surface area contributed by atoms with Crippen LogP contribution in [0.3, 0.4) is 0 Å². The highest BCUT2D eigenvalue weighted by molar-refractivity contribution is 4.84. The molecule has 4 atom stereocenters. The van der Waals surface area contributed by atoms with Crippen molar-refractivity contribution in [2.24, 2.45) is 23.5 Å². The fourth-order valence-corrected chi connectivity index (χ4v) is 3.88. The Hall–Kier alpha value is -0.0800. The van der Waals surface area contributed by atoms with Gasteiger partial charge in [0, 0.05) is 6.04 Å². The van der Waals surface area contributed by atoms with Gasteiger partial charge in [-0.05, 0) is 63.5 Å². The van der Waals surface area contributed by atoms with Crippen molar-refractivity contribution in [1.82, 2.24) is 5.32 Å². The molecule has 2 aliphatic rings. The zero-order valence-electron chi connectivity index (χ0n) is 11.5. The Morgan fingerprint density at radius 3 is 2.65 bits per heavy atom. The second kappa shape index (κ2) is 6.75. The van der Waals surface area contributed by atoms with Gasteiger partial charge in [0.2, 0.25) is 0 Å². The van der Waals surface area contributed by atoms with Crippen LogP contribution in [-0.4, -0.2) is 19.1 Å². The lowest BCUT2D eigenvalue weighted by molar-refractivity contribution is 0.127. The summed E-state index contributed by atoms with van der Waals surface area (Å²) in [5, 5.41) is 3.67. The van der Waals surface area contributed by atoms with Gasteiger partial charge < -0.3 is 11.1 Å². The summed E-state index contributed by atoms with van der Waals surface area (Å²) >= 11 is 0. The van der Waals surface area contributed by atoms with E-state index < -0.39 is 0 Å². The Balaban J connectivity index is 1.68. The summed E-state index contributed by atoms with van der Waals surface area (Å²) in [6.07, 6.45) is 11.6. The van der Waals surface area contributed by atoms with E-state index in [2.05, 4.69) is 12.2 Å². The Kier molecular flexibility index (Phi) is 5.30. The first kappa shape index (κ1) is 13.4. The summed E-state index contributed by atoms with van der Waals surface area (Å²) < 4.78 is 0. The van der Waals surface area contributed by atoms with Gasteiger partial charge in [0.1, 0.15) is 0 Å². The highest BCUT2D eigenvalue weighted by Crippen LogP contribution is 2.42. The van der Waals surface area contributed by atoms with E-state index in [1.807, 2.05) is 0 Å². The first-order chi connectivity index (χ1) is 8.29. The van der Waals surface area contributed by atoms with E-state index in [0.29, 0.717) is 6.04 Å². The predicted octanol–water partition coefficient (Wildman–Crippen LogP) is 2.92. The second-order valence-electron chi connectivity index (χ2n) is 6.37. The minimum atomic E-state index is 0.601. The molecule has 2 fully saturated rings. The molecule has 0 spiro atoms. The van der Waals surface area contributed by atoms with Crippen LogP contribution in [0.2, 0.25) is 0 Å². The highest BCUT2D eigenvalue weighted by Gasteiger charge is 2.31. The first-order valence-corrected chi connectivity index (χ1v) is 7.73. The van der Waals surface area contributed by atoms with Crippen LogP contribution in [0.4, 0.5) is 0 Å². The fraction of sp³-hybridized carbons (Fsp3) is 1.00.